The van der Waals surface area contributed by atoms with Gasteiger partial charge < -0.3 is 15.3 Å². The molecule has 5 nitrogen and oxygen atoms in total. The van der Waals surface area contributed by atoms with Gasteiger partial charge in [-0.1, -0.05) is 26.0 Å². The fraction of sp³-hybridized carbons (Fsp3) is 0.273. The fourth-order valence-corrected chi connectivity index (χ4v) is 0.654. The van der Waals surface area contributed by atoms with Crippen LogP contribution in [0.2, 0.25) is 0 Å². The van der Waals surface area contributed by atoms with E-state index in [0.717, 1.165) is 0 Å². The molecule has 0 radical (unpaired) electrons. The first-order chi connectivity index (χ1) is 7.36. The molecule has 5 heteroatoms. The quantitative estimate of drug-likeness (QED) is 0.714. The summed E-state index contributed by atoms with van der Waals surface area (Å²) in [5.74, 6) is -2.28. The molecule has 0 aliphatic rings. The number of hydrogen-bond donors (Lipinski definition) is 3. The third kappa shape index (κ3) is 4.99. The molecular weight excluding hydrogens is 212 g/mol. The van der Waals surface area contributed by atoms with Gasteiger partial charge in [0.25, 0.3) is 0 Å². The summed E-state index contributed by atoms with van der Waals surface area (Å²) in [6, 6.07) is 5.81. The number of benzene rings is 1. The lowest BCUT2D eigenvalue weighted by Gasteiger charge is -1.95. The zero-order valence-electron chi connectivity index (χ0n) is 9.04. The van der Waals surface area contributed by atoms with Crippen LogP contribution in [0.5, 0.6) is 5.75 Å². The molecule has 1 aromatic carbocycles. The molecule has 1 rings (SSSR count). The lowest BCUT2D eigenvalue weighted by atomic mass is 10.2. The van der Waals surface area contributed by atoms with Crippen LogP contribution in [0.15, 0.2) is 24.3 Å². The number of para-hydroxylation sites is 1. The number of aliphatic carboxylic acids is 1. The minimum atomic E-state index is -1.11. The zero-order chi connectivity index (χ0) is 12.7. The average molecular weight is 226 g/mol. The van der Waals surface area contributed by atoms with Crippen LogP contribution >= 0.6 is 0 Å². The van der Waals surface area contributed by atoms with Crippen LogP contribution in [0, 0.1) is 5.92 Å². The maximum Gasteiger partial charge on any atom is 0.339 e. The van der Waals surface area contributed by atoms with Crippen molar-refractivity contribution in [2.24, 2.45) is 5.92 Å². The number of carbonyl (C=O) groups is 2. The van der Waals surface area contributed by atoms with Crippen molar-refractivity contribution in [3.63, 3.8) is 0 Å². The number of rotatable bonds is 2. The molecule has 88 valence electrons. The number of phenols is 1. The first kappa shape index (κ1) is 14.0. The van der Waals surface area contributed by atoms with Gasteiger partial charge in [0.15, 0.2) is 0 Å². The van der Waals surface area contributed by atoms with E-state index in [9.17, 15) is 9.59 Å². The standard InChI is InChI=1S/C7H6O3.C4H8O2/c8-6-4-2-1-3-5(6)7(9)10;1-3(2)4(5)6/h1-4,8H,(H,9,10);3H,1-2H3,(H,5,6). The number of carboxylic acids is 2. The second kappa shape index (κ2) is 6.44. The molecule has 0 saturated carbocycles. The van der Waals surface area contributed by atoms with Crippen molar-refractivity contribution >= 4 is 11.9 Å². The van der Waals surface area contributed by atoms with Crippen LogP contribution in [0.25, 0.3) is 0 Å². The lowest BCUT2D eigenvalue weighted by Crippen LogP contribution is -2.03. The van der Waals surface area contributed by atoms with Crippen molar-refractivity contribution in [2.75, 3.05) is 0 Å². The lowest BCUT2D eigenvalue weighted by molar-refractivity contribution is -0.140. The second-order valence-corrected chi connectivity index (χ2v) is 3.32. The molecule has 0 heterocycles. The molecule has 0 unspecified atom stereocenters. The Morgan fingerprint density at radius 2 is 1.56 bits per heavy atom. The van der Waals surface area contributed by atoms with E-state index >= 15 is 0 Å². The van der Waals surface area contributed by atoms with Gasteiger partial charge >= 0.3 is 11.9 Å². The van der Waals surface area contributed by atoms with Gasteiger partial charge in [0.05, 0.1) is 5.92 Å². The van der Waals surface area contributed by atoms with E-state index in [2.05, 4.69) is 0 Å². The topological polar surface area (TPSA) is 94.8 Å². The van der Waals surface area contributed by atoms with E-state index < -0.39 is 11.9 Å². The Morgan fingerprint density at radius 1 is 1.12 bits per heavy atom. The van der Waals surface area contributed by atoms with Crippen LogP contribution in [-0.4, -0.2) is 27.3 Å². The molecular formula is C11H14O5. The fourth-order valence-electron chi connectivity index (χ4n) is 0.654. The van der Waals surface area contributed by atoms with Crippen LogP contribution in [0.1, 0.15) is 24.2 Å². The predicted octanol–water partition coefficient (Wildman–Crippen LogP) is 1.82. The number of aromatic carboxylic acids is 1. The van der Waals surface area contributed by atoms with Crippen molar-refractivity contribution in [1.82, 2.24) is 0 Å². The molecule has 1 aromatic rings. The first-order valence-electron chi connectivity index (χ1n) is 4.60. The van der Waals surface area contributed by atoms with Crippen molar-refractivity contribution in [1.29, 1.82) is 0 Å². The summed E-state index contributed by atoms with van der Waals surface area (Å²) in [4.78, 5) is 20.0. The molecule has 0 aliphatic carbocycles. The highest BCUT2D eigenvalue weighted by atomic mass is 16.4. The maximum atomic E-state index is 10.3. The summed E-state index contributed by atoms with van der Waals surface area (Å²) in [7, 11) is 0. The molecule has 0 saturated heterocycles. The molecule has 0 aliphatic heterocycles. The Balaban J connectivity index is 0.000000325. The van der Waals surface area contributed by atoms with Crippen molar-refractivity contribution in [3.8, 4) is 5.75 Å². The van der Waals surface area contributed by atoms with E-state index in [1.165, 1.54) is 12.1 Å². The highest BCUT2D eigenvalue weighted by Crippen LogP contribution is 2.14. The SMILES string of the molecule is CC(C)C(=O)O.O=C(O)c1ccccc1O. The molecule has 16 heavy (non-hydrogen) atoms. The highest BCUT2D eigenvalue weighted by Gasteiger charge is 2.05. The number of carboxylic acid groups (broad SMARTS) is 2. The number of hydrogen-bond acceptors (Lipinski definition) is 3. The van der Waals surface area contributed by atoms with Crippen LogP contribution < -0.4 is 0 Å². The number of aromatic hydroxyl groups is 1. The van der Waals surface area contributed by atoms with Gasteiger partial charge in [0.2, 0.25) is 0 Å². The van der Waals surface area contributed by atoms with Crippen molar-refractivity contribution < 1.29 is 24.9 Å². The van der Waals surface area contributed by atoms with E-state index in [0.29, 0.717) is 0 Å². The summed E-state index contributed by atoms with van der Waals surface area (Å²) in [5, 5.41) is 25.3. The summed E-state index contributed by atoms with van der Waals surface area (Å²) < 4.78 is 0. The van der Waals surface area contributed by atoms with E-state index in [-0.39, 0.29) is 17.2 Å². The minimum absolute atomic E-state index is 0.0671. The third-order valence-corrected chi connectivity index (χ3v) is 1.63. The van der Waals surface area contributed by atoms with Crippen molar-refractivity contribution in [3.05, 3.63) is 29.8 Å². The smallest absolute Gasteiger partial charge is 0.339 e. The van der Waals surface area contributed by atoms with Gasteiger partial charge in [-0.05, 0) is 12.1 Å². The molecule has 0 aromatic heterocycles. The van der Waals surface area contributed by atoms with Gasteiger partial charge in [-0.25, -0.2) is 4.79 Å². The Hall–Kier alpha value is -2.04. The van der Waals surface area contributed by atoms with Crippen LogP contribution in [0.3, 0.4) is 0 Å². The summed E-state index contributed by atoms with van der Waals surface area (Å²) in [6.45, 7) is 3.28. The highest BCUT2D eigenvalue weighted by molar-refractivity contribution is 5.90. The van der Waals surface area contributed by atoms with Crippen molar-refractivity contribution in [2.45, 2.75) is 13.8 Å². The molecule has 0 bridgehead atoms. The van der Waals surface area contributed by atoms with Gasteiger partial charge in [0, 0.05) is 0 Å². The maximum absolute atomic E-state index is 10.3. The Kier molecular flexibility index (Phi) is 5.62. The summed E-state index contributed by atoms with van der Waals surface area (Å²) in [6.07, 6.45) is 0. The Morgan fingerprint density at radius 3 is 1.81 bits per heavy atom. The summed E-state index contributed by atoms with van der Waals surface area (Å²) in [5.41, 5.74) is -0.0671. The molecule has 3 N–H and O–H groups in total. The zero-order valence-corrected chi connectivity index (χ0v) is 9.04. The van der Waals surface area contributed by atoms with E-state index in [1.807, 2.05) is 0 Å². The van der Waals surface area contributed by atoms with Gasteiger partial charge in [0.1, 0.15) is 11.3 Å². The van der Waals surface area contributed by atoms with Gasteiger partial charge in [-0.15, -0.1) is 0 Å². The van der Waals surface area contributed by atoms with E-state index in [1.54, 1.807) is 26.0 Å². The van der Waals surface area contributed by atoms with E-state index in [4.69, 9.17) is 15.3 Å². The van der Waals surface area contributed by atoms with Crippen LogP contribution in [-0.2, 0) is 4.79 Å². The first-order valence-corrected chi connectivity index (χ1v) is 4.60. The third-order valence-electron chi connectivity index (χ3n) is 1.63. The second-order valence-electron chi connectivity index (χ2n) is 3.32. The van der Waals surface area contributed by atoms with Gasteiger partial charge in [-0.2, -0.15) is 0 Å². The molecule has 0 spiro atoms. The molecule has 0 amide bonds. The Labute approximate surface area is 93.0 Å². The largest absolute Gasteiger partial charge is 0.507 e. The molecule has 0 atom stereocenters. The van der Waals surface area contributed by atoms with Crippen LogP contribution in [0.4, 0.5) is 0 Å². The normalized spacial score (nSPS) is 9.19. The monoisotopic (exact) mass is 226 g/mol. The summed E-state index contributed by atoms with van der Waals surface area (Å²) >= 11 is 0. The Bertz CT molecular complexity index is 370. The molecule has 0 fully saturated rings. The van der Waals surface area contributed by atoms with Gasteiger partial charge in [-0.3, -0.25) is 4.79 Å². The predicted molar refractivity (Wildman–Crippen MR) is 57.5 cm³/mol. The minimum Gasteiger partial charge on any atom is -0.507 e. The average Bonchev–Trinajstić information content (AvgIpc) is 2.18.